The van der Waals surface area contributed by atoms with E-state index in [1.54, 1.807) is 17.8 Å². The molecule has 108 valence electrons. The van der Waals surface area contributed by atoms with Crippen molar-refractivity contribution in [3.63, 3.8) is 0 Å². The van der Waals surface area contributed by atoms with Crippen LogP contribution in [0.5, 0.6) is 0 Å². The fourth-order valence-corrected chi connectivity index (χ4v) is 4.15. The largest absolute Gasteiger partial charge is 0.322 e. The maximum Gasteiger partial charge on any atom is 0.255 e. The second-order valence-electron chi connectivity index (χ2n) is 4.73. The number of thioether (sulfide) groups is 1. The van der Waals surface area contributed by atoms with Crippen LogP contribution in [0.1, 0.15) is 21.3 Å². The summed E-state index contributed by atoms with van der Waals surface area (Å²) in [6.07, 6.45) is 0. The summed E-state index contributed by atoms with van der Waals surface area (Å²) in [6, 6.07) is 14.9. The van der Waals surface area contributed by atoms with E-state index in [1.807, 2.05) is 47.4 Å². The van der Waals surface area contributed by atoms with Gasteiger partial charge in [-0.2, -0.15) is 0 Å². The zero-order valence-corrected chi connectivity index (χ0v) is 13.5. The first-order valence-corrected chi connectivity index (χ1v) is 8.40. The molecule has 1 aliphatic heterocycles. The summed E-state index contributed by atoms with van der Waals surface area (Å²) < 4.78 is 0. The molecule has 21 heavy (non-hydrogen) atoms. The Morgan fingerprint density at radius 1 is 1.10 bits per heavy atom. The van der Waals surface area contributed by atoms with Gasteiger partial charge in [0.25, 0.3) is 5.91 Å². The highest BCUT2D eigenvalue weighted by atomic mass is 35.5. The number of benzene rings is 2. The van der Waals surface area contributed by atoms with Crippen molar-refractivity contribution < 1.29 is 4.79 Å². The lowest BCUT2D eigenvalue weighted by atomic mass is 10.1. The number of amides is 1. The molecule has 0 aliphatic carbocycles. The topological polar surface area (TPSA) is 20.3 Å². The van der Waals surface area contributed by atoms with Gasteiger partial charge in [0.15, 0.2) is 0 Å². The Morgan fingerprint density at radius 3 is 2.62 bits per heavy atom. The molecular weight excluding hydrogens is 325 g/mol. The van der Waals surface area contributed by atoms with Crippen LogP contribution in [0.25, 0.3) is 0 Å². The minimum absolute atomic E-state index is 0.0293. The van der Waals surface area contributed by atoms with Gasteiger partial charge in [-0.25, -0.2) is 0 Å². The molecule has 3 rings (SSSR count). The van der Waals surface area contributed by atoms with E-state index >= 15 is 0 Å². The van der Waals surface area contributed by atoms with Crippen molar-refractivity contribution in [2.75, 3.05) is 12.3 Å². The number of carbonyl (C=O) groups excluding carboxylic acids is 1. The smallest absolute Gasteiger partial charge is 0.255 e. The second-order valence-corrected chi connectivity index (χ2v) is 6.70. The second kappa shape index (κ2) is 6.30. The number of hydrogen-bond donors (Lipinski definition) is 0. The van der Waals surface area contributed by atoms with Crippen molar-refractivity contribution in [2.45, 2.75) is 5.37 Å². The van der Waals surface area contributed by atoms with E-state index in [-0.39, 0.29) is 11.3 Å². The van der Waals surface area contributed by atoms with Crippen LogP contribution >= 0.6 is 35.0 Å². The normalized spacial score (nSPS) is 18.0. The Balaban J connectivity index is 1.93. The van der Waals surface area contributed by atoms with E-state index in [0.29, 0.717) is 22.2 Å². The van der Waals surface area contributed by atoms with Crippen molar-refractivity contribution in [3.8, 4) is 0 Å². The summed E-state index contributed by atoms with van der Waals surface area (Å²) in [6.45, 7) is 0.714. The lowest BCUT2D eigenvalue weighted by Gasteiger charge is -2.25. The Morgan fingerprint density at radius 2 is 1.86 bits per heavy atom. The highest BCUT2D eigenvalue weighted by molar-refractivity contribution is 7.99. The van der Waals surface area contributed by atoms with Gasteiger partial charge >= 0.3 is 0 Å². The van der Waals surface area contributed by atoms with Gasteiger partial charge in [0.2, 0.25) is 0 Å². The Kier molecular flexibility index (Phi) is 4.43. The summed E-state index contributed by atoms with van der Waals surface area (Å²) in [5.74, 6) is 0.924. The minimum atomic E-state index is -0.0797. The van der Waals surface area contributed by atoms with Crippen LogP contribution in [0.4, 0.5) is 0 Å². The molecule has 0 N–H and O–H groups in total. The van der Waals surface area contributed by atoms with Gasteiger partial charge < -0.3 is 4.90 Å². The first kappa shape index (κ1) is 14.8. The number of rotatable bonds is 2. The van der Waals surface area contributed by atoms with Crippen LogP contribution < -0.4 is 0 Å². The predicted molar refractivity (Wildman–Crippen MR) is 89.1 cm³/mol. The summed E-state index contributed by atoms with van der Waals surface area (Å²) in [4.78, 5) is 14.5. The molecule has 0 aromatic heterocycles. The zero-order valence-electron chi connectivity index (χ0n) is 11.1. The van der Waals surface area contributed by atoms with E-state index < -0.39 is 0 Å². The molecule has 0 bridgehead atoms. The van der Waals surface area contributed by atoms with Crippen LogP contribution in [0.2, 0.25) is 10.0 Å². The first-order chi connectivity index (χ1) is 10.2. The van der Waals surface area contributed by atoms with E-state index in [2.05, 4.69) is 0 Å². The Bertz CT molecular complexity index is 663. The molecule has 5 heteroatoms. The van der Waals surface area contributed by atoms with Crippen molar-refractivity contribution in [2.24, 2.45) is 0 Å². The van der Waals surface area contributed by atoms with Gasteiger partial charge in [0, 0.05) is 23.4 Å². The van der Waals surface area contributed by atoms with Crippen LogP contribution in [-0.4, -0.2) is 23.1 Å². The summed E-state index contributed by atoms with van der Waals surface area (Å²) >= 11 is 14.1. The van der Waals surface area contributed by atoms with Gasteiger partial charge in [-0.1, -0.05) is 53.5 Å². The Hall–Kier alpha value is -1.16. The maximum absolute atomic E-state index is 12.7. The van der Waals surface area contributed by atoms with E-state index in [1.165, 1.54) is 0 Å². The van der Waals surface area contributed by atoms with Gasteiger partial charge in [-0.3, -0.25) is 4.79 Å². The molecule has 0 spiro atoms. The van der Waals surface area contributed by atoms with E-state index in [9.17, 15) is 4.79 Å². The monoisotopic (exact) mass is 337 g/mol. The molecular formula is C16H13Cl2NOS. The molecule has 2 aromatic rings. The number of carbonyl (C=O) groups is 1. The zero-order chi connectivity index (χ0) is 14.8. The third kappa shape index (κ3) is 2.91. The van der Waals surface area contributed by atoms with Gasteiger partial charge in [0.05, 0.1) is 10.0 Å². The van der Waals surface area contributed by atoms with Crippen LogP contribution in [0.15, 0.2) is 48.5 Å². The fraction of sp³-hybridized carbons (Fsp3) is 0.188. The van der Waals surface area contributed by atoms with Crippen molar-refractivity contribution in [3.05, 3.63) is 69.7 Å². The van der Waals surface area contributed by atoms with E-state index in [4.69, 9.17) is 23.2 Å². The lowest BCUT2D eigenvalue weighted by molar-refractivity contribution is 0.0760. The average Bonchev–Trinajstić information content (AvgIpc) is 2.99. The Labute approximate surface area is 138 Å². The molecule has 1 fully saturated rings. The third-order valence-electron chi connectivity index (χ3n) is 3.42. The highest BCUT2D eigenvalue weighted by Gasteiger charge is 2.32. The number of halogens is 2. The average molecular weight is 338 g/mol. The van der Waals surface area contributed by atoms with Crippen molar-refractivity contribution >= 4 is 40.9 Å². The third-order valence-corrected chi connectivity index (χ3v) is 5.50. The first-order valence-electron chi connectivity index (χ1n) is 6.60. The summed E-state index contributed by atoms with van der Waals surface area (Å²) in [7, 11) is 0. The predicted octanol–water partition coefficient (Wildman–Crippen LogP) is 4.88. The minimum Gasteiger partial charge on any atom is -0.322 e. The molecule has 0 radical (unpaired) electrons. The van der Waals surface area contributed by atoms with Gasteiger partial charge in [-0.05, 0) is 18.2 Å². The summed E-state index contributed by atoms with van der Waals surface area (Å²) in [5.41, 5.74) is 1.60. The number of nitrogens with zero attached hydrogens (tertiary/aromatic N) is 1. The lowest BCUT2D eigenvalue weighted by Crippen LogP contribution is -2.30. The summed E-state index contributed by atoms with van der Waals surface area (Å²) in [5, 5.41) is 0.974. The molecule has 2 aromatic carbocycles. The number of hydrogen-bond acceptors (Lipinski definition) is 2. The molecule has 1 aliphatic rings. The van der Waals surface area contributed by atoms with Crippen molar-refractivity contribution in [1.82, 2.24) is 4.90 Å². The molecule has 1 amide bonds. The standard InChI is InChI=1S/C16H13Cl2NOS/c17-13-8-4-7-12(14(13)18)16-19(9-10-21-16)15(20)11-5-2-1-3-6-11/h1-8,16H,9-10H2/t16-/m0/s1. The molecule has 0 saturated carbocycles. The quantitative estimate of drug-likeness (QED) is 0.778. The fourth-order valence-electron chi connectivity index (χ4n) is 2.39. The van der Waals surface area contributed by atoms with Crippen molar-refractivity contribution in [1.29, 1.82) is 0 Å². The highest BCUT2D eigenvalue weighted by Crippen LogP contribution is 2.43. The molecule has 0 unspecified atom stereocenters. The van der Waals surface area contributed by atoms with Crippen LogP contribution in [0.3, 0.4) is 0 Å². The molecule has 2 nitrogen and oxygen atoms in total. The molecule has 1 atom stereocenters. The van der Waals surface area contributed by atoms with Gasteiger partial charge in [-0.15, -0.1) is 11.8 Å². The SMILES string of the molecule is O=C(c1ccccc1)N1CCS[C@H]1c1cccc(Cl)c1Cl. The van der Waals surface area contributed by atoms with Crippen LogP contribution in [-0.2, 0) is 0 Å². The van der Waals surface area contributed by atoms with Gasteiger partial charge in [0.1, 0.15) is 5.37 Å². The van der Waals surface area contributed by atoms with E-state index in [0.717, 1.165) is 11.3 Å². The van der Waals surface area contributed by atoms with Crippen LogP contribution in [0, 0.1) is 0 Å². The maximum atomic E-state index is 12.7. The molecule has 1 heterocycles. The molecule has 1 saturated heterocycles.